The summed E-state index contributed by atoms with van der Waals surface area (Å²) in [6, 6.07) is 0.332. The highest BCUT2D eigenvalue weighted by molar-refractivity contribution is 6.32. The van der Waals surface area contributed by atoms with E-state index in [0.717, 1.165) is 0 Å². The number of nitrogens with zero attached hydrogens (tertiary/aromatic N) is 2. The highest BCUT2D eigenvalue weighted by Gasteiger charge is 2.28. The third-order valence-electron chi connectivity index (χ3n) is 3.20. The minimum atomic E-state index is -0.276. The molecule has 1 saturated carbocycles. The van der Waals surface area contributed by atoms with E-state index in [1.54, 1.807) is 13.3 Å². The molecule has 0 radical (unpaired) electrons. The van der Waals surface area contributed by atoms with Gasteiger partial charge in [0.25, 0.3) is 5.56 Å². The molecule has 1 aliphatic carbocycles. The SMILES string of the molecule is COCCn1ncc(NC(C)C2CC2)c(Cl)c1=O. The number of hydrogen-bond donors (Lipinski definition) is 1. The topological polar surface area (TPSA) is 56.1 Å². The van der Waals surface area contributed by atoms with Crippen LogP contribution in [0.4, 0.5) is 5.69 Å². The molecule has 1 heterocycles. The van der Waals surface area contributed by atoms with Gasteiger partial charge in [-0.15, -0.1) is 0 Å². The average Bonchev–Trinajstić information content (AvgIpc) is 3.18. The molecule has 100 valence electrons. The number of ether oxygens (including phenoxy) is 1. The molecule has 5 nitrogen and oxygen atoms in total. The Labute approximate surface area is 111 Å². The number of nitrogens with one attached hydrogen (secondary N) is 1. The van der Waals surface area contributed by atoms with Crippen molar-refractivity contribution < 1.29 is 4.74 Å². The normalized spacial score (nSPS) is 16.6. The Morgan fingerprint density at radius 3 is 3.00 bits per heavy atom. The van der Waals surface area contributed by atoms with Crippen LogP contribution in [0.15, 0.2) is 11.0 Å². The lowest BCUT2D eigenvalue weighted by Gasteiger charge is -2.15. The Balaban J connectivity index is 2.12. The van der Waals surface area contributed by atoms with Gasteiger partial charge in [-0.25, -0.2) is 4.68 Å². The lowest BCUT2D eigenvalue weighted by molar-refractivity contribution is 0.182. The smallest absolute Gasteiger partial charge is 0.287 e. The van der Waals surface area contributed by atoms with Gasteiger partial charge in [-0.1, -0.05) is 11.6 Å². The van der Waals surface area contributed by atoms with Gasteiger partial charge in [0.15, 0.2) is 0 Å². The molecule has 0 bridgehead atoms. The molecule has 1 atom stereocenters. The van der Waals surface area contributed by atoms with Crippen molar-refractivity contribution in [2.75, 3.05) is 19.0 Å². The van der Waals surface area contributed by atoms with Crippen LogP contribution in [0.25, 0.3) is 0 Å². The van der Waals surface area contributed by atoms with Gasteiger partial charge in [-0.3, -0.25) is 4.79 Å². The summed E-state index contributed by atoms with van der Waals surface area (Å²) < 4.78 is 6.23. The summed E-state index contributed by atoms with van der Waals surface area (Å²) in [6.07, 6.45) is 4.09. The van der Waals surface area contributed by atoms with E-state index in [4.69, 9.17) is 16.3 Å². The number of methoxy groups -OCH3 is 1. The standard InChI is InChI=1S/C12H18ClN3O2/c1-8(9-3-4-9)15-10-7-14-16(5-6-18-2)12(17)11(10)13/h7-9,15H,3-6H2,1-2H3. The molecular formula is C12H18ClN3O2. The van der Waals surface area contributed by atoms with E-state index in [0.29, 0.717) is 30.8 Å². The van der Waals surface area contributed by atoms with Crippen LogP contribution in [-0.2, 0) is 11.3 Å². The van der Waals surface area contributed by atoms with Crippen LogP contribution in [-0.4, -0.2) is 29.5 Å². The minimum Gasteiger partial charge on any atom is -0.383 e. The molecule has 1 aromatic heterocycles. The maximum atomic E-state index is 11.9. The van der Waals surface area contributed by atoms with Crippen molar-refractivity contribution in [1.29, 1.82) is 0 Å². The first-order valence-corrected chi connectivity index (χ1v) is 6.52. The number of anilines is 1. The van der Waals surface area contributed by atoms with Crippen molar-refractivity contribution >= 4 is 17.3 Å². The van der Waals surface area contributed by atoms with E-state index in [9.17, 15) is 4.79 Å². The minimum absolute atomic E-state index is 0.202. The monoisotopic (exact) mass is 271 g/mol. The Bertz CT molecular complexity index is 471. The van der Waals surface area contributed by atoms with Gasteiger partial charge in [0.2, 0.25) is 0 Å². The summed E-state index contributed by atoms with van der Waals surface area (Å²) in [6.45, 7) is 2.95. The zero-order chi connectivity index (χ0) is 13.1. The van der Waals surface area contributed by atoms with E-state index >= 15 is 0 Å². The van der Waals surface area contributed by atoms with Crippen molar-refractivity contribution in [3.05, 3.63) is 21.6 Å². The Morgan fingerprint density at radius 1 is 1.67 bits per heavy atom. The maximum absolute atomic E-state index is 11.9. The summed E-state index contributed by atoms with van der Waals surface area (Å²) in [7, 11) is 1.58. The largest absolute Gasteiger partial charge is 0.383 e. The zero-order valence-corrected chi connectivity index (χ0v) is 11.4. The van der Waals surface area contributed by atoms with E-state index in [1.165, 1.54) is 17.5 Å². The fourth-order valence-electron chi connectivity index (χ4n) is 1.86. The molecule has 0 amide bonds. The van der Waals surface area contributed by atoms with E-state index in [2.05, 4.69) is 17.3 Å². The summed E-state index contributed by atoms with van der Waals surface area (Å²) in [5.41, 5.74) is 0.344. The average molecular weight is 272 g/mol. The number of aromatic nitrogens is 2. The predicted octanol–water partition coefficient (Wildman–Crippen LogP) is 1.75. The lowest BCUT2D eigenvalue weighted by Crippen LogP contribution is -2.27. The van der Waals surface area contributed by atoms with Gasteiger partial charge in [-0.2, -0.15) is 5.10 Å². The highest BCUT2D eigenvalue weighted by Crippen LogP contribution is 2.34. The first kappa shape index (κ1) is 13.4. The molecule has 6 heteroatoms. The van der Waals surface area contributed by atoms with Crippen LogP contribution in [0.5, 0.6) is 0 Å². The quantitative estimate of drug-likeness (QED) is 0.856. The van der Waals surface area contributed by atoms with E-state index in [1.807, 2.05) is 0 Å². The Morgan fingerprint density at radius 2 is 2.39 bits per heavy atom. The molecule has 0 aromatic carbocycles. The molecule has 1 unspecified atom stereocenters. The Kier molecular flexibility index (Phi) is 4.24. The van der Waals surface area contributed by atoms with Gasteiger partial charge in [0, 0.05) is 13.2 Å². The summed E-state index contributed by atoms with van der Waals surface area (Å²) in [5.74, 6) is 0.692. The first-order chi connectivity index (χ1) is 8.63. The molecule has 1 fully saturated rings. The van der Waals surface area contributed by atoms with Gasteiger partial charge < -0.3 is 10.1 Å². The van der Waals surface area contributed by atoms with Crippen molar-refractivity contribution in [2.45, 2.75) is 32.4 Å². The molecule has 1 aromatic rings. The van der Waals surface area contributed by atoms with Gasteiger partial charge >= 0.3 is 0 Å². The number of rotatable bonds is 6. The molecular weight excluding hydrogens is 254 g/mol. The molecule has 0 saturated heterocycles. The molecule has 1 aliphatic rings. The number of hydrogen-bond acceptors (Lipinski definition) is 4. The van der Waals surface area contributed by atoms with Crippen LogP contribution in [0.3, 0.4) is 0 Å². The molecule has 0 spiro atoms. The third-order valence-corrected chi connectivity index (χ3v) is 3.57. The van der Waals surface area contributed by atoms with Gasteiger partial charge in [0.05, 0.1) is 25.0 Å². The second kappa shape index (κ2) is 5.71. The molecule has 18 heavy (non-hydrogen) atoms. The van der Waals surface area contributed by atoms with Crippen LogP contribution in [0, 0.1) is 5.92 Å². The van der Waals surface area contributed by atoms with E-state index in [-0.39, 0.29) is 10.6 Å². The van der Waals surface area contributed by atoms with Crippen LogP contribution in [0.2, 0.25) is 5.02 Å². The van der Waals surface area contributed by atoms with Crippen molar-refractivity contribution in [3.8, 4) is 0 Å². The highest BCUT2D eigenvalue weighted by atomic mass is 35.5. The van der Waals surface area contributed by atoms with Crippen LogP contribution < -0.4 is 10.9 Å². The summed E-state index contributed by atoms with van der Waals surface area (Å²) in [4.78, 5) is 11.9. The fourth-order valence-corrected chi connectivity index (χ4v) is 2.06. The Hall–Kier alpha value is -1.07. The fraction of sp³-hybridized carbons (Fsp3) is 0.667. The number of halogens is 1. The van der Waals surface area contributed by atoms with Gasteiger partial charge in [-0.05, 0) is 25.7 Å². The second-order valence-corrected chi connectivity index (χ2v) is 5.04. The lowest BCUT2D eigenvalue weighted by atomic mass is 10.2. The zero-order valence-electron chi connectivity index (χ0n) is 10.6. The van der Waals surface area contributed by atoms with Crippen LogP contribution in [0.1, 0.15) is 19.8 Å². The molecule has 2 rings (SSSR count). The van der Waals surface area contributed by atoms with Crippen molar-refractivity contribution in [1.82, 2.24) is 9.78 Å². The summed E-state index contributed by atoms with van der Waals surface area (Å²) >= 11 is 6.07. The maximum Gasteiger partial charge on any atom is 0.287 e. The van der Waals surface area contributed by atoms with Crippen molar-refractivity contribution in [3.63, 3.8) is 0 Å². The second-order valence-electron chi connectivity index (χ2n) is 4.66. The first-order valence-electron chi connectivity index (χ1n) is 6.14. The third kappa shape index (κ3) is 3.03. The summed E-state index contributed by atoms with van der Waals surface area (Å²) in [5, 5.41) is 7.55. The van der Waals surface area contributed by atoms with E-state index < -0.39 is 0 Å². The van der Waals surface area contributed by atoms with Crippen molar-refractivity contribution in [2.24, 2.45) is 5.92 Å². The van der Waals surface area contributed by atoms with Gasteiger partial charge in [0.1, 0.15) is 5.02 Å². The van der Waals surface area contributed by atoms with Crippen LogP contribution >= 0.6 is 11.6 Å². The predicted molar refractivity (Wildman–Crippen MR) is 71.2 cm³/mol. The molecule has 1 N–H and O–H groups in total. The molecule has 0 aliphatic heterocycles.